The van der Waals surface area contributed by atoms with Gasteiger partial charge in [-0.05, 0) is 49.7 Å². The molecule has 4 nitrogen and oxygen atoms in total. The third-order valence-electron chi connectivity index (χ3n) is 3.87. The van der Waals surface area contributed by atoms with E-state index in [1.54, 1.807) is 12.1 Å². The summed E-state index contributed by atoms with van der Waals surface area (Å²) in [5.74, 6) is -0.147. The smallest absolute Gasteiger partial charge is 0.255 e. The molecule has 1 amide bonds. The number of hydrogen-bond donors (Lipinski definition) is 2. The number of nitrogens with two attached hydrogens (primary N) is 1. The van der Waals surface area contributed by atoms with Crippen LogP contribution in [0.2, 0.25) is 0 Å². The largest absolute Gasteiger partial charge is 0.397 e. The second-order valence-electron chi connectivity index (χ2n) is 5.52. The van der Waals surface area contributed by atoms with Gasteiger partial charge in [-0.1, -0.05) is 25.5 Å². The molecule has 0 aliphatic carbocycles. The molecule has 0 saturated carbocycles. The number of para-hydroxylation sites is 2. The molecule has 138 valence electrons. The number of benzene rings is 2. The van der Waals surface area contributed by atoms with E-state index >= 15 is 0 Å². The molecule has 3 N–H and O–H groups in total. The maximum atomic E-state index is 12.3. The highest BCUT2D eigenvalue weighted by atomic mass is 35.5. The molecule has 0 aromatic heterocycles. The van der Waals surface area contributed by atoms with Crippen LogP contribution in [0.3, 0.4) is 0 Å². The fourth-order valence-electron chi connectivity index (χ4n) is 2.45. The van der Waals surface area contributed by atoms with Gasteiger partial charge in [-0.2, -0.15) is 0 Å². The molecule has 0 fully saturated rings. The van der Waals surface area contributed by atoms with Gasteiger partial charge in [0, 0.05) is 24.3 Å². The Kier molecular flexibility index (Phi) is 10.7. The standard InChI is InChI=1S/C19H25N3O.2ClH/c1-3-5-14-22(4-2)16-12-10-15(11-13-16)19(23)21-18-9-7-6-8-17(18)20;;/h6-13H,3-5,14,20H2,1-2H3,(H,21,23);2*1H. The minimum Gasteiger partial charge on any atom is -0.397 e. The van der Waals surface area contributed by atoms with Crippen LogP contribution in [0.1, 0.15) is 37.0 Å². The molecule has 25 heavy (non-hydrogen) atoms. The van der Waals surface area contributed by atoms with Crippen molar-refractivity contribution in [1.82, 2.24) is 0 Å². The van der Waals surface area contributed by atoms with Gasteiger partial charge in [-0.3, -0.25) is 4.79 Å². The Morgan fingerprint density at radius 3 is 2.24 bits per heavy atom. The topological polar surface area (TPSA) is 58.4 Å². The monoisotopic (exact) mass is 383 g/mol. The number of nitrogens with zero attached hydrogens (tertiary/aromatic N) is 1. The SMILES string of the molecule is CCCCN(CC)c1ccc(C(=O)Nc2ccccc2N)cc1.Cl.Cl. The molecule has 0 unspecified atom stereocenters. The summed E-state index contributed by atoms with van der Waals surface area (Å²) in [5.41, 5.74) is 8.83. The molecule has 0 atom stereocenters. The molecule has 0 heterocycles. The first-order valence-corrected chi connectivity index (χ1v) is 8.16. The normalized spacial score (nSPS) is 9.52. The van der Waals surface area contributed by atoms with Crippen LogP contribution in [-0.2, 0) is 0 Å². The van der Waals surface area contributed by atoms with Crippen molar-refractivity contribution in [2.45, 2.75) is 26.7 Å². The van der Waals surface area contributed by atoms with E-state index in [1.165, 1.54) is 12.8 Å². The summed E-state index contributed by atoms with van der Waals surface area (Å²) in [6.45, 7) is 6.34. The van der Waals surface area contributed by atoms with Crippen molar-refractivity contribution in [3.63, 3.8) is 0 Å². The van der Waals surface area contributed by atoms with Gasteiger partial charge in [0.2, 0.25) is 0 Å². The summed E-state index contributed by atoms with van der Waals surface area (Å²) in [6.07, 6.45) is 2.35. The predicted molar refractivity (Wildman–Crippen MR) is 113 cm³/mol. The van der Waals surface area contributed by atoms with E-state index in [0.717, 1.165) is 18.8 Å². The van der Waals surface area contributed by atoms with Crippen LogP contribution in [0.25, 0.3) is 0 Å². The average Bonchev–Trinajstić information content (AvgIpc) is 2.58. The Morgan fingerprint density at radius 1 is 1.04 bits per heavy atom. The van der Waals surface area contributed by atoms with E-state index in [2.05, 4.69) is 24.1 Å². The van der Waals surface area contributed by atoms with E-state index in [-0.39, 0.29) is 30.7 Å². The number of carbonyl (C=O) groups is 1. The highest BCUT2D eigenvalue weighted by molar-refractivity contribution is 6.05. The van der Waals surface area contributed by atoms with Crippen molar-refractivity contribution in [2.75, 3.05) is 29.0 Å². The maximum Gasteiger partial charge on any atom is 0.255 e. The van der Waals surface area contributed by atoms with Crippen LogP contribution in [0, 0.1) is 0 Å². The van der Waals surface area contributed by atoms with Crippen LogP contribution < -0.4 is 16.0 Å². The zero-order chi connectivity index (χ0) is 16.7. The fraction of sp³-hybridized carbons (Fsp3) is 0.316. The molecular weight excluding hydrogens is 357 g/mol. The number of anilines is 3. The van der Waals surface area contributed by atoms with Crippen LogP contribution in [0.15, 0.2) is 48.5 Å². The zero-order valence-corrected chi connectivity index (χ0v) is 16.3. The predicted octanol–water partition coefficient (Wildman–Crippen LogP) is 4.99. The maximum absolute atomic E-state index is 12.3. The lowest BCUT2D eigenvalue weighted by atomic mass is 10.1. The zero-order valence-electron chi connectivity index (χ0n) is 14.7. The van der Waals surface area contributed by atoms with Gasteiger partial charge in [-0.25, -0.2) is 0 Å². The second kappa shape index (κ2) is 11.6. The molecule has 6 heteroatoms. The number of carbonyl (C=O) groups excluding carboxylic acids is 1. The minimum absolute atomic E-state index is 0. The highest BCUT2D eigenvalue weighted by Crippen LogP contribution is 2.20. The molecule has 0 aliphatic heterocycles. The number of nitrogens with one attached hydrogen (secondary N) is 1. The Labute approximate surface area is 162 Å². The molecule has 0 aliphatic rings. The van der Waals surface area contributed by atoms with Crippen LogP contribution in [0.4, 0.5) is 17.1 Å². The minimum atomic E-state index is -0.147. The fourth-order valence-corrected chi connectivity index (χ4v) is 2.45. The van der Waals surface area contributed by atoms with Gasteiger partial charge in [0.15, 0.2) is 0 Å². The Hall–Kier alpha value is -1.91. The molecule has 2 aromatic rings. The summed E-state index contributed by atoms with van der Waals surface area (Å²) >= 11 is 0. The summed E-state index contributed by atoms with van der Waals surface area (Å²) < 4.78 is 0. The number of rotatable bonds is 7. The van der Waals surface area contributed by atoms with Crippen LogP contribution in [0.5, 0.6) is 0 Å². The lowest BCUT2D eigenvalue weighted by molar-refractivity contribution is 0.102. The Balaban J connectivity index is 0.00000288. The van der Waals surface area contributed by atoms with Gasteiger partial charge in [-0.15, -0.1) is 24.8 Å². The third-order valence-corrected chi connectivity index (χ3v) is 3.87. The number of nitrogen functional groups attached to an aromatic ring is 1. The molecule has 0 bridgehead atoms. The van der Waals surface area contributed by atoms with Crippen LogP contribution in [-0.4, -0.2) is 19.0 Å². The first kappa shape index (κ1) is 23.1. The van der Waals surface area contributed by atoms with Crippen molar-refractivity contribution in [3.8, 4) is 0 Å². The van der Waals surface area contributed by atoms with Gasteiger partial charge < -0.3 is 16.0 Å². The molecule has 0 saturated heterocycles. The Morgan fingerprint density at radius 2 is 1.68 bits per heavy atom. The molecule has 2 rings (SSSR count). The number of unbranched alkanes of at least 4 members (excludes halogenated alkanes) is 1. The van der Waals surface area contributed by atoms with Crippen molar-refractivity contribution in [2.24, 2.45) is 0 Å². The summed E-state index contributed by atoms with van der Waals surface area (Å²) in [4.78, 5) is 14.6. The molecule has 2 aromatic carbocycles. The first-order valence-electron chi connectivity index (χ1n) is 8.16. The lowest BCUT2D eigenvalue weighted by Crippen LogP contribution is -2.23. The number of hydrogen-bond acceptors (Lipinski definition) is 3. The van der Waals surface area contributed by atoms with E-state index in [4.69, 9.17) is 5.73 Å². The van der Waals surface area contributed by atoms with Gasteiger partial charge in [0.05, 0.1) is 11.4 Å². The van der Waals surface area contributed by atoms with Crippen LogP contribution >= 0.6 is 24.8 Å². The van der Waals surface area contributed by atoms with Crippen molar-refractivity contribution >= 4 is 47.8 Å². The Bertz CT molecular complexity index is 647. The van der Waals surface area contributed by atoms with Gasteiger partial charge >= 0.3 is 0 Å². The highest BCUT2D eigenvalue weighted by Gasteiger charge is 2.09. The summed E-state index contributed by atoms with van der Waals surface area (Å²) in [5, 5.41) is 2.85. The summed E-state index contributed by atoms with van der Waals surface area (Å²) in [7, 11) is 0. The van der Waals surface area contributed by atoms with Gasteiger partial charge in [0.1, 0.15) is 0 Å². The first-order chi connectivity index (χ1) is 11.2. The second-order valence-corrected chi connectivity index (χ2v) is 5.52. The van der Waals surface area contributed by atoms with Crippen molar-refractivity contribution in [3.05, 3.63) is 54.1 Å². The van der Waals surface area contributed by atoms with Crippen molar-refractivity contribution in [1.29, 1.82) is 0 Å². The molecule has 0 radical (unpaired) electrons. The quantitative estimate of drug-likeness (QED) is 0.661. The average molecular weight is 384 g/mol. The van der Waals surface area contributed by atoms with E-state index < -0.39 is 0 Å². The molecular formula is C19H27Cl2N3O. The summed E-state index contributed by atoms with van der Waals surface area (Å²) in [6, 6.07) is 15.0. The van der Waals surface area contributed by atoms with Gasteiger partial charge in [0.25, 0.3) is 5.91 Å². The molecule has 0 spiro atoms. The van der Waals surface area contributed by atoms with E-state index in [9.17, 15) is 4.79 Å². The third kappa shape index (κ3) is 6.48. The van der Waals surface area contributed by atoms with E-state index in [0.29, 0.717) is 16.9 Å². The number of amides is 1. The number of halogens is 2. The van der Waals surface area contributed by atoms with Crippen molar-refractivity contribution < 1.29 is 4.79 Å². The van der Waals surface area contributed by atoms with E-state index in [1.807, 2.05) is 36.4 Å². The lowest BCUT2D eigenvalue weighted by Gasteiger charge is -2.23.